The summed E-state index contributed by atoms with van der Waals surface area (Å²) in [5.74, 6) is 0. The van der Waals surface area contributed by atoms with E-state index in [2.05, 4.69) is 61.2 Å². The second-order valence-corrected chi connectivity index (χ2v) is 5.26. The zero-order valence-corrected chi connectivity index (χ0v) is 12.4. The highest BCUT2D eigenvalue weighted by Gasteiger charge is 2.15. The topological polar surface area (TPSA) is 29.3 Å². The van der Waals surface area contributed by atoms with Gasteiger partial charge in [0.25, 0.3) is 0 Å². The number of anilines is 1. The Morgan fingerprint density at radius 3 is 2.30 bits per heavy atom. The van der Waals surface area contributed by atoms with E-state index < -0.39 is 0 Å². The van der Waals surface area contributed by atoms with E-state index in [0.717, 1.165) is 25.2 Å². The van der Waals surface area contributed by atoms with Crippen molar-refractivity contribution in [1.82, 2.24) is 4.90 Å². The van der Waals surface area contributed by atoms with Crippen LogP contribution in [-0.2, 0) is 6.54 Å². The van der Waals surface area contributed by atoms with Gasteiger partial charge in [-0.05, 0) is 37.1 Å². The standard InChI is InChI=1S/C18H24N2/c1-3-13-20(14-17-11-7-8-12-18(17)19)15(2)16-9-5-4-6-10-16/h4-12,15H,3,13-14,19H2,1-2H3. The van der Waals surface area contributed by atoms with Gasteiger partial charge < -0.3 is 5.73 Å². The molecule has 0 aliphatic rings. The SMILES string of the molecule is CCCN(Cc1ccccc1N)C(C)c1ccccc1. The van der Waals surface area contributed by atoms with Crippen molar-refractivity contribution in [1.29, 1.82) is 0 Å². The van der Waals surface area contributed by atoms with Crippen molar-refractivity contribution in [2.24, 2.45) is 0 Å². The molecule has 2 aromatic carbocycles. The van der Waals surface area contributed by atoms with Crippen molar-refractivity contribution < 1.29 is 0 Å². The molecule has 106 valence electrons. The van der Waals surface area contributed by atoms with Gasteiger partial charge >= 0.3 is 0 Å². The molecule has 1 atom stereocenters. The third-order valence-corrected chi connectivity index (χ3v) is 3.77. The van der Waals surface area contributed by atoms with Gasteiger partial charge in [-0.15, -0.1) is 0 Å². The minimum Gasteiger partial charge on any atom is -0.398 e. The maximum atomic E-state index is 6.08. The van der Waals surface area contributed by atoms with Gasteiger partial charge in [0.15, 0.2) is 0 Å². The molecule has 0 aliphatic carbocycles. The van der Waals surface area contributed by atoms with E-state index in [9.17, 15) is 0 Å². The van der Waals surface area contributed by atoms with E-state index in [0.29, 0.717) is 6.04 Å². The fourth-order valence-electron chi connectivity index (χ4n) is 2.54. The van der Waals surface area contributed by atoms with E-state index in [4.69, 9.17) is 5.73 Å². The molecule has 0 bridgehead atoms. The lowest BCUT2D eigenvalue weighted by molar-refractivity contribution is 0.202. The number of hydrogen-bond donors (Lipinski definition) is 1. The van der Waals surface area contributed by atoms with Crippen LogP contribution in [0.2, 0.25) is 0 Å². The molecule has 2 N–H and O–H groups in total. The Labute approximate surface area is 122 Å². The molecule has 0 fully saturated rings. The molecule has 0 saturated heterocycles. The van der Waals surface area contributed by atoms with Crippen LogP contribution >= 0.6 is 0 Å². The number of nitrogens with two attached hydrogens (primary N) is 1. The molecular formula is C18H24N2. The van der Waals surface area contributed by atoms with Crippen molar-refractivity contribution in [3.8, 4) is 0 Å². The lowest BCUT2D eigenvalue weighted by Gasteiger charge is -2.29. The summed E-state index contributed by atoms with van der Waals surface area (Å²) in [4.78, 5) is 2.49. The summed E-state index contributed by atoms with van der Waals surface area (Å²) in [6.45, 7) is 6.46. The third kappa shape index (κ3) is 3.61. The predicted molar refractivity (Wildman–Crippen MR) is 86.4 cm³/mol. The molecule has 2 heteroatoms. The normalized spacial score (nSPS) is 12.6. The molecule has 0 aliphatic heterocycles. The van der Waals surface area contributed by atoms with Crippen LogP contribution in [0.15, 0.2) is 54.6 Å². The quantitative estimate of drug-likeness (QED) is 0.794. The summed E-state index contributed by atoms with van der Waals surface area (Å²) in [7, 11) is 0. The Morgan fingerprint density at radius 2 is 1.65 bits per heavy atom. The minimum absolute atomic E-state index is 0.399. The van der Waals surface area contributed by atoms with E-state index in [1.807, 2.05) is 12.1 Å². The van der Waals surface area contributed by atoms with Crippen LogP contribution < -0.4 is 5.73 Å². The van der Waals surface area contributed by atoms with Crippen molar-refractivity contribution >= 4 is 5.69 Å². The van der Waals surface area contributed by atoms with Gasteiger partial charge in [0.2, 0.25) is 0 Å². The fraction of sp³-hybridized carbons (Fsp3) is 0.333. The first-order valence-corrected chi connectivity index (χ1v) is 7.34. The van der Waals surface area contributed by atoms with Gasteiger partial charge in [-0.3, -0.25) is 4.90 Å². The van der Waals surface area contributed by atoms with E-state index >= 15 is 0 Å². The maximum absolute atomic E-state index is 6.08. The van der Waals surface area contributed by atoms with Crippen molar-refractivity contribution in [3.05, 3.63) is 65.7 Å². The second kappa shape index (κ2) is 7.11. The van der Waals surface area contributed by atoms with Crippen LogP contribution in [0.25, 0.3) is 0 Å². The Kier molecular flexibility index (Phi) is 5.19. The highest BCUT2D eigenvalue weighted by atomic mass is 15.1. The largest absolute Gasteiger partial charge is 0.398 e. The van der Waals surface area contributed by atoms with Crippen LogP contribution in [0.1, 0.15) is 37.4 Å². The average molecular weight is 268 g/mol. The fourth-order valence-corrected chi connectivity index (χ4v) is 2.54. The highest BCUT2D eigenvalue weighted by Crippen LogP contribution is 2.24. The number of rotatable bonds is 6. The first-order valence-electron chi connectivity index (χ1n) is 7.34. The van der Waals surface area contributed by atoms with Gasteiger partial charge in [0.05, 0.1) is 0 Å². The molecule has 0 heterocycles. The zero-order valence-electron chi connectivity index (χ0n) is 12.4. The lowest BCUT2D eigenvalue weighted by Crippen LogP contribution is -2.27. The Morgan fingerprint density at radius 1 is 1.00 bits per heavy atom. The third-order valence-electron chi connectivity index (χ3n) is 3.77. The van der Waals surface area contributed by atoms with Gasteiger partial charge in [0, 0.05) is 18.3 Å². The predicted octanol–water partition coefficient (Wildman–Crippen LogP) is 4.24. The van der Waals surface area contributed by atoms with Gasteiger partial charge in [-0.2, -0.15) is 0 Å². The summed E-state index contributed by atoms with van der Waals surface area (Å²) in [6, 6.07) is 19.2. The monoisotopic (exact) mass is 268 g/mol. The molecule has 0 radical (unpaired) electrons. The number of para-hydroxylation sites is 1. The maximum Gasteiger partial charge on any atom is 0.0359 e. The number of benzene rings is 2. The van der Waals surface area contributed by atoms with Crippen LogP contribution in [0.3, 0.4) is 0 Å². The van der Waals surface area contributed by atoms with Crippen LogP contribution in [0, 0.1) is 0 Å². The van der Waals surface area contributed by atoms with Crippen molar-refractivity contribution in [2.75, 3.05) is 12.3 Å². The molecule has 2 aromatic rings. The molecular weight excluding hydrogens is 244 g/mol. The van der Waals surface area contributed by atoms with Crippen LogP contribution in [-0.4, -0.2) is 11.4 Å². The van der Waals surface area contributed by atoms with Crippen molar-refractivity contribution in [2.45, 2.75) is 32.9 Å². The summed E-state index contributed by atoms with van der Waals surface area (Å²) in [5.41, 5.74) is 9.53. The number of nitrogens with zero attached hydrogens (tertiary/aromatic N) is 1. The van der Waals surface area contributed by atoms with E-state index in [1.54, 1.807) is 0 Å². The van der Waals surface area contributed by atoms with Gasteiger partial charge in [0.1, 0.15) is 0 Å². The van der Waals surface area contributed by atoms with Crippen LogP contribution in [0.4, 0.5) is 5.69 Å². The first kappa shape index (κ1) is 14.6. The highest BCUT2D eigenvalue weighted by molar-refractivity contribution is 5.46. The van der Waals surface area contributed by atoms with Gasteiger partial charge in [-0.25, -0.2) is 0 Å². The summed E-state index contributed by atoms with van der Waals surface area (Å²) >= 11 is 0. The van der Waals surface area contributed by atoms with Crippen LogP contribution in [0.5, 0.6) is 0 Å². The molecule has 2 nitrogen and oxygen atoms in total. The second-order valence-electron chi connectivity index (χ2n) is 5.26. The smallest absolute Gasteiger partial charge is 0.0359 e. The Hall–Kier alpha value is -1.80. The van der Waals surface area contributed by atoms with E-state index in [-0.39, 0.29) is 0 Å². The molecule has 20 heavy (non-hydrogen) atoms. The van der Waals surface area contributed by atoms with E-state index in [1.165, 1.54) is 11.1 Å². The number of nitrogen functional groups attached to an aromatic ring is 1. The van der Waals surface area contributed by atoms with Crippen molar-refractivity contribution in [3.63, 3.8) is 0 Å². The van der Waals surface area contributed by atoms with Gasteiger partial charge in [-0.1, -0.05) is 55.5 Å². The molecule has 0 spiro atoms. The number of hydrogen-bond acceptors (Lipinski definition) is 2. The molecule has 1 unspecified atom stereocenters. The summed E-state index contributed by atoms with van der Waals surface area (Å²) < 4.78 is 0. The molecule has 0 amide bonds. The Balaban J connectivity index is 2.17. The summed E-state index contributed by atoms with van der Waals surface area (Å²) in [5, 5.41) is 0. The minimum atomic E-state index is 0.399. The first-order chi connectivity index (χ1) is 9.72. The molecule has 2 rings (SSSR count). The lowest BCUT2D eigenvalue weighted by atomic mass is 10.1. The average Bonchev–Trinajstić information content (AvgIpc) is 2.49. The molecule has 0 saturated carbocycles. The molecule has 0 aromatic heterocycles. The Bertz CT molecular complexity index is 522. The zero-order chi connectivity index (χ0) is 14.4. The summed E-state index contributed by atoms with van der Waals surface area (Å²) in [6.07, 6.45) is 1.14.